The lowest BCUT2D eigenvalue weighted by Crippen LogP contribution is -2.47. The number of rotatable bonds is 7. The molecule has 1 aromatic carbocycles. The molecule has 1 aliphatic heterocycles. The summed E-state index contributed by atoms with van der Waals surface area (Å²) in [6.07, 6.45) is 1.47. The number of guanidine groups is 1. The molecule has 29 heavy (non-hydrogen) atoms. The molecule has 1 aromatic rings. The largest absolute Gasteiger partial charge is 0.469 e. The Morgan fingerprint density at radius 2 is 1.86 bits per heavy atom. The van der Waals surface area contributed by atoms with Gasteiger partial charge in [-0.25, -0.2) is 4.99 Å². The quantitative estimate of drug-likeness (QED) is 0.261. The van der Waals surface area contributed by atoms with E-state index in [1.165, 1.54) is 7.11 Å². The Balaban J connectivity index is 0.00000420. The van der Waals surface area contributed by atoms with Crippen molar-refractivity contribution in [3.63, 3.8) is 0 Å². The number of ether oxygens (including phenoxy) is 1. The smallest absolute Gasteiger partial charge is 0.308 e. The number of piperidine rings is 1. The van der Waals surface area contributed by atoms with Crippen LogP contribution in [-0.4, -0.2) is 67.5 Å². The van der Waals surface area contributed by atoms with E-state index in [1.807, 2.05) is 49.1 Å². The second-order valence-electron chi connectivity index (χ2n) is 6.85. The summed E-state index contributed by atoms with van der Waals surface area (Å²) in [5, 5.41) is 3.26. The summed E-state index contributed by atoms with van der Waals surface area (Å²) < 4.78 is 4.85. The van der Waals surface area contributed by atoms with Gasteiger partial charge in [-0.1, -0.05) is 30.3 Å². The Bertz CT molecular complexity index is 661. The molecule has 0 atom stereocenters. The van der Waals surface area contributed by atoms with Gasteiger partial charge in [0, 0.05) is 32.7 Å². The van der Waals surface area contributed by atoms with E-state index >= 15 is 0 Å². The van der Waals surface area contributed by atoms with Crippen molar-refractivity contribution in [1.82, 2.24) is 15.1 Å². The third-order valence-electron chi connectivity index (χ3n) is 4.98. The summed E-state index contributed by atoms with van der Waals surface area (Å²) in [5.74, 6) is 0.546. The minimum absolute atomic E-state index is 0. The number of methoxy groups -OCH3 is 1. The normalized spacial score (nSPS) is 14.7. The van der Waals surface area contributed by atoms with Crippen molar-refractivity contribution in [3.8, 4) is 0 Å². The lowest BCUT2D eigenvalue weighted by Gasteiger charge is -2.33. The van der Waals surface area contributed by atoms with Gasteiger partial charge in [0.25, 0.3) is 0 Å². The fraction of sp³-hybridized carbons (Fsp3) is 0.571. The highest BCUT2D eigenvalue weighted by molar-refractivity contribution is 14.0. The number of aliphatic imine (C=N–C) groups is 1. The molecule has 2 rings (SSSR count). The summed E-state index contributed by atoms with van der Waals surface area (Å²) >= 11 is 0. The predicted molar refractivity (Wildman–Crippen MR) is 125 cm³/mol. The lowest BCUT2D eigenvalue weighted by atomic mass is 9.97. The van der Waals surface area contributed by atoms with Gasteiger partial charge >= 0.3 is 5.97 Å². The molecule has 1 fully saturated rings. The average molecular weight is 516 g/mol. The van der Waals surface area contributed by atoms with E-state index in [4.69, 9.17) is 4.74 Å². The Hall–Kier alpha value is -1.84. The minimum Gasteiger partial charge on any atom is -0.469 e. The van der Waals surface area contributed by atoms with Crippen LogP contribution >= 0.6 is 24.0 Å². The monoisotopic (exact) mass is 516 g/mol. The zero-order valence-electron chi connectivity index (χ0n) is 17.6. The van der Waals surface area contributed by atoms with Crippen molar-refractivity contribution >= 4 is 41.8 Å². The molecule has 1 amide bonds. The molecule has 1 heterocycles. The second kappa shape index (κ2) is 13.4. The topological polar surface area (TPSA) is 74.2 Å². The highest BCUT2D eigenvalue weighted by Crippen LogP contribution is 2.18. The van der Waals surface area contributed by atoms with Crippen molar-refractivity contribution in [2.24, 2.45) is 10.9 Å². The predicted octanol–water partition coefficient (Wildman–Crippen LogP) is 2.50. The highest BCUT2D eigenvalue weighted by Gasteiger charge is 2.27. The second-order valence-corrected chi connectivity index (χ2v) is 6.85. The van der Waals surface area contributed by atoms with E-state index in [-0.39, 0.29) is 48.3 Å². The van der Waals surface area contributed by atoms with Crippen LogP contribution < -0.4 is 5.32 Å². The van der Waals surface area contributed by atoms with Gasteiger partial charge in [-0.05, 0) is 32.3 Å². The number of nitrogens with one attached hydrogen (secondary N) is 1. The third kappa shape index (κ3) is 7.83. The van der Waals surface area contributed by atoms with Gasteiger partial charge in [0.1, 0.15) is 6.54 Å². The molecule has 0 unspecified atom stereocenters. The first-order valence-corrected chi connectivity index (χ1v) is 10.0. The summed E-state index contributed by atoms with van der Waals surface area (Å²) in [6, 6.07) is 9.97. The molecule has 162 valence electrons. The van der Waals surface area contributed by atoms with Crippen LogP contribution in [0.1, 0.15) is 32.3 Å². The summed E-state index contributed by atoms with van der Waals surface area (Å²) in [7, 11) is 1.43. The first-order chi connectivity index (χ1) is 13.6. The van der Waals surface area contributed by atoms with Crippen LogP contribution in [0.2, 0.25) is 0 Å². The van der Waals surface area contributed by atoms with Crippen LogP contribution in [0.4, 0.5) is 0 Å². The van der Waals surface area contributed by atoms with Gasteiger partial charge in [0.15, 0.2) is 5.96 Å². The van der Waals surface area contributed by atoms with Crippen LogP contribution in [0.3, 0.4) is 0 Å². The maximum Gasteiger partial charge on any atom is 0.308 e. The Kier molecular flexibility index (Phi) is 11.6. The van der Waals surface area contributed by atoms with Crippen LogP contribution in [0.5, 0.6) is 0 Å². The molecule has 1 N–H and O–H groups in total. The lowest BCUT2D eigenvalue weighted by molar-refractivity contribution is -0.146. The minimum atomic E-state index is -0.142. The summed E-state index contributed by atoms with van der Waals surface area (Å²) in [4.78, 5) is 32.9. The number of halogens is 1. The Morgan fingerprint density at radius 3 is 2.41 bits per heavy atom. The molecule has 0 aromatic heterocycles. The van der Waals surface area contributed by atoms with Gasteiger partial charge in [0.05, 0.1) is 13.0 Å². The molecule has 0 aliphatic carbocycles. The van der Waals surface area contributed by atoms with Crippen LogP contribution in [0.15, 0.2) is 35.3 Å². The van der Waals surface area contributed by atoms with E-state index in [0.717, 1.165) is 44.0 Å². The van der Waals surface area contributed by atoms with E-state index < -0.39 is 0 Å². The van der Waals surface area contributed by atoms with Crippen molar-refractivity contribution in [2.45, 2.75) is 33.2 Å². The number of hydrogen-bond donors (Lipinski definition) is 1. The number of likely N-dealkylation sites (N-methyl/N-ethyl adjacent to an activating group) is 1. The van der Waals surface area contributed by atoms with Gasteiger partial charge in [0.2, 0.25) is 5.91 Å². The molecule has 0 spiro atoms. The zero-order valence-corrected chi connectivity index (χ0v) is 19.9. The maximum atomic E-state index is 12.7. The van der Waals surface area contributed by atoms with E-state index in [9.17, 15) is 9.59 Å². The van der Waals surface area contributed by atoms with Crippen molar-refractivity contribution in [3.05, 3.63) is 35.9 Å². The molecule has 1 aliphatic rings. The first kappa shape index (κ1) is 25.2. The molecule has 1 saturated heterocycles. The maximum absolute atomic E-state index is 12.7. The number of carbonyl (C=O) groups is 2. The molecule has 0 bridgehead atoms. The fourth-order valence-electron chi connectivity index (χ4n) is 3.34. The van der Waals surface area contributed by atoms with Gasteiger partial charge in [-0.15, -0.1) is 24.0 Å². The van der Waals surface area contributed by atoms with Crippen molar-refractivity contribution in [2.75, 3.05) is 39.8 Å². The van der Waals surface area contributed by atoms with Gasteiger partial charge in [-0.2, -0.15) is 0 Å². The average Bonchev–Trinajstić information content (AvgIpc) is 2.75. The number of esters is 1. The summed E-state index contributed by atoms with van der Waals surface area (Å²) in [6.45, 7) is 7.50. The van der Waals surface area contributed by atoms with Crippen LogP contribution in [-0.2, 0) is 20.9 Å². The zero-order chi connectivity index (χ0) is 20.4. The molecule has 0 radical (unpaired) electrons. The van der Waals surface area contributed by atoms with Crippen LogP contribution in [0, 0.1) is 5.92 Å². The highest BCUT2D eigenvalue weighted by atomic mass is 127. The van der Waals surface area contributed by atoms with Crippen molar-refractivity contribution in [1.29, 1.82) is 0 Å². The summed E-state index contributed by atoms with van der Waals surface area (Å²) in [5.41, 5.74) is 1.11. The van der Waals surface area contributed by atoms with Crippen molar-refractivity contribution < 1.29 is 14.3 Å². The van der Waals surface area contributed by atoms with E-state index in [1.54, 1.807) is 0 Å². The third-order valence-corrected chi connectivity index (χ3v) is 4.98. The number of hydrogen-bond acceptors (Lipinski definition) is 4. The fourth-order valence-corrected chi connectivity index (χ4v) is 3.34. The van der Waals surface area contributed by atoms with E-state index in [2.05, 4.69) is 15.2 Å². The molecular weight excluding hydrogens is 483 g/mol. The standard InChI is InChI=1S/C21H32N4O3.HI/c1-4-22-21(25-13-11-18(12-14-25)20(27)28-3)23-15-19(26)24(5-2)16-17-9-7-6-8-10-17;/h6-10,18H,4-5,11-16H2,1-3H3,(H,22,23);1H. The number of likely N-dealkylation sites (tertiary alicyclic amines) is 1. The number of carbonyl (C=O) groups excluding carboxylic acids is 2. The molecule has 7 nitrogen and oxygen atoms in total. The SMILES string of the molecule is CCNC(=NCC(=O)N(CC)Cc1ccccc1)N1CCC(C(=O)OC)CC1.I. The molecule has 0 saturated carbocycles. The number of amides is 1. The first-order valence-electron chi connectivity index (χ1n) is 10.0. The molecular formula is C21H33IN4O3. The van der Waals surface area contributed by atoms with Gasteiger partial charge in [-0.3, -0.25) is 9.59 Å². The van der Waals surface area contributed by atoms with Crippen LogP contribution in [0.25, 0.3) is 0 Å². The molecule has 8 heteroatoms. The van der Waals surface area contributed by atoms with Gasteiger partial charge < -0.3 is 19.9 Å². The Labute approximate surface area is 190 Å². The van der Waals surface area contributed by atoms with E-state index in [0.29, 0.717) is 13.1 Å². The number of nitrogens with zero attached hydrogens (tertiary/aromatic N) is 3. The number of benzene rings is 1. The Morgan fingerprint density at radius 1 is 1.21 bits per heavy atom.